The molecular formula is C19H18ClN5O2. The van der Waals surface area contributed by atoms with Crippen LogP contribution in [0.4, 0.5) is 5.69 Å². The third-order valence-corrected chi connectivity index (χ3v) is 5.00. The zero-order valence-corrected chi connectivity index (χ0v) is 15.7. The lowest BCUT2D eigenvalue weighted by Gasteiger charge is -2.35. The molecule has 0 radical (unpaired) electrons. The number of nitrogens with zero attached hydrogens (tertiary/aromatic N) is 4. The molecule has 1 N–H and O–H groups in total. The molecule has 4 rings (SSSR count). The van der Waals surface area contributed by atoms with Crippen LogP contribution in [-0.4, -0.2) is 37.9 Å². The summed E-state index contributed by atoms with van der Waals surface area (Å²) < 4.78 is 1.51. The molecule has 0 aliphatic carbocycles. The lowest BCUT2D eigenvalue weighted by atomic mass is 9.91. The summed E-state index contributed by atoms with van der Waals surface area (Å²) in [5, 5.41) is 7.64. The van der Waals surface area contributed by atoms with Crippen molar-refractivity contribution in [3.05, 3.63) is 58.5 Å². The largest absolute Gasteiger partial charge is 0.330 e. The van der Waals surface area contributed by atoms with E-state index in [1.54, 1.807) is 17.2 Å². The number of hydrogen-bond donors (Lipinski definition) is 1. The molecule has 0 spiro atoms. The number of rotatable bonds is 2. The summed E-state index contributed by atoms with van der Waals surface area (Å²) in [5.41, 5.74) is 3.82. The van der Waals surface area contributed by atoms with Crippen LogP contribution in [0.25, 0.3) is 5.65 Å². The zero-order valence-electron chi connectivity index (χ0n) is 14.9. The summed E-state index contributed by atoms with van der Waals surface area (Å²) in [4.78, 5) is 30.5. The lowest BCUT2D eigenvalue weighted by molar-refractivity contribution is -0.114. The number of hydrogen-bond acceptors (Lipinski definition) is 4. The van der Waals surface area contributed by atoms with Crippen LogP contribution in [0.5, 0.6) is 0 Å². The van der Waals surface area contributed by atoms with Crippen LogP contribution in [0.2, 0.25) is 5.02 Å². The summed E-state index contributed by atoms with van der Waals surface area (Å²) in [6.45, 7) is 4.02. The number of fused-ring (bicyclic) bond motifs is 2. The standard InChI is InChI=1S/C19H18ClN5O2/c1-11-14-4-3-5-16(22-12(2)26)15(14)6-7-24(11)19(27)17-8-18-21-9-13(20)10-25(18)23-17/h3-5,8-11H,6-7H2,1-2H3,(H,22,26). The maximum atomic E-state index is 13.1. The SMILES string of the molecule is CC(=O)Nc1cccc2c1CCN(C(=O)c1cc3ncc(Cl)cn3n1)C2C. The third-order valence-electron chi connectivity index (χ3n) is 4.81. The van der Waals surface area contributed by atoms with Gasteiger partial charge in [-0.25, -0.2) is 9.50 Å². The Bertz CT molecular complexity index is 1060. The minimum absolute atomic E-state index is 0.106. The van der Waals surface area contributed by atoms with Crippen LogP contribution < -0.4 is 5.32 Å². The Morgan fingerprint density at radius 2 is 2.15 bits per heavy atom. The highest BCUT2D eigenvalue weighted by molar-refractivity contribution is 6.30. The topological polar surface area (TPSA) is 79.6 Å². The first kappa shape index (κ1) is 17.5. The van der Waals surface area contributed by atoms with Crippen molar-refractivity contribution in [2.75, 3.05) is 11.9 Å². The molecule has 27 heavy (non-hydrogen) atoms. The highest BCUT2D eigenvalue weighted by Crippen LogP contribution is 2.34. The molecule has 2 amide bonds. The van der Waals surface area contributed by atoms with Crippen molar-refractivity contribution in [1.82, 2.24) is 19.5 Å². The van der Waals surface area contributed by atoms with E-state index in [-0.39, 0.29) is 17.9 Å². The van der Waals surface area contributed by atoms with E-state index >= 15 is 0 Å². The van der Waals surface area contributed by atoms with E-state index in [0.29, 0.717) is 29.3 Å². The second kappa shape index (κ2) is 6.66. The van der Waals surface area contributed by atoms with Gasteiger partial charge in [-0.15, -0.1) is 0 Å². The normalized spacial score (nSPS) is 16.3. The average molecular weight is 384 g/mol. The van der Waals surface area contributed by atoms with E-state index in [2.05, 4.69) is 15.4 Å². The number of amides is 2. The van der Waals surface area contributed by atoms with Gasteiger partial charge in [-0.05, 0) is 30.5 Å². The zero-order chi connectivity index (χ0) is 19.1. The molecule has 1 aliphatic heterocycles. The molecule has 2 aromatic heterocycles. The van der Waals surface area contributed by atoms with Crippen LogP contribution in [-0.2, 0) is 11.2 Å². The first-order valence-electron chi connectivity index (χ1n) is 8.65. The molecule has 1 aliphatic rings. The van der Waals surface area contributed by atoms with E-state index in [4.69, 9.17) is 11.6 Å². The van der Waals surface area contributed by atoms with E-state index in [9.17, 15) is 9.59 Å². The molecule has 8 heteroatoms. The van der Waals surface area contributed by atoms with Gasteiger partial charge >= 0.3 is 0 Å². The molecule has 1 aromatic carbocycles. The van der Waals surface area contributed by atoms with Crippen LogP contribution in [0.3, 0.4) is 0 Å². The summed E-state index contributed by atoms with van der Waals surface area (Å²) in [6.07, 6.45) is 3.81. The fraction of sp³-hybridized carbons (Fsp3) is 0.263. The molecule has 0 fully saturated rings. The maximum Gasteiger partial charge on any atom is 0.274 e. The number of aromatic nitrogens is 3. The summed E-state index contributed by atoms with van der Waals surface area (Å²) in [5.74, 6) is -0.259. The van der Waals surface area contributed by atoms with Gasteiger partial charge in [-0.3, -0.25) is 9.59 Å². The number of carbonyl (C=O) groups is 2. The highest BCUT2D eigenvalue weighted by Gasteiger charge is 2.31. The molecule has 1 atom stereocenters. The molecule has 3 heterocycles. The van der Waals surface area contributed by atoms with Crippen LogP contribution in [0.1, 0.15) is 41.5 Å². The maximum absolute atomic E-state index is 13.1. The summed E-state index contributed by atoms with van der Waals surface area (Å²) >= 11 is 5.94. The van der Waals surface area contributed by atoms with Crippen molar-refractivity contribution in [3.63, 3.8) is 0 Å². The fourth-order valence-corrected chi connectivity index (χ4v) is 3.70. The van der Waals surface area contributed by atoms with Gasteiger partial charge in [0.15, 0.2) is 11.3 Å². The van der Waals surface area contributed by atoms with Gasteiger partial charge in [0.25, 0.3) is 5.91 Å². The van der Waals surface area contributed by atoms with Crippen LogP contribution in [0, 0.1) is 0 Å². The van der Waals surface area contributed by atoms with Crippen LogP contribution in [0.15, 0.2) is 36.7 Å². The Kier molecular flexibility index (Phi) is 4.31. The van der Waals surface area contributed by atoms with Crippen LogP contribution >= 0.6 is 11.6 Å². The van der Waals surface area contributed by atoms with Crippen molar-refractivity contribution in [2.45, 2.75) is 26.3 Å². The van der Waals surface area contributed by atoms with Crippen molar-refractivity contribution in [2.24, 2.45) is 0 Å². The monoisotopic (exact) mass is 383 g/mol. The first-order valence-corrected chi connectivity index (χ1v) is 9.03. The number of halogens is 1. The molecule has 0 bridgehead atoms. The van der Waals surface area contributed by atoms with Crippen molar-refractivity contribution in [3.8, 4) is 0 Å². The first-order chi connectivity index (χ1) is 12.9. The molecule has 1 unspecified atom stereocenters. The quantitative estimate of drug-likeness (QED) is 0.737. The average Bonchev–Trinajstić information content (AvgIpc) is 3.05. The van der Waals surface area contributed by atoms with E-state index in [1.165, 1.54) is 17.6 Å². The van der Waals surface area contributed by atoms with Gasteiger partial charge in [0.05, 0.1) is 17.3 Å². The smallest absolute Gasteiger partial charge is 0.274 e. The fourth-order valence-electron chi connectivity index (χ4n) is 3.56. The Labute approximate surface area is 160 Å². The Morgan fingerprint density at radius 3 is 2.93 bits per heavy atom. The second-order valence-electron chi connectivity index (χ2n) is 6.58. The molecule has 7 nitrogen and oxygen atoms in total. The van der Waals surface area contributed by atoms with E-state index in [1.807, 2.05) is 25.1 Å². The number of anilines is 1. The summed E-state index contributed by atoms with van der Waals surface area (Å²) in [6, 6.07) is 7.31. The van der Waals surface area contributed by atoms with Crippen molar-refractivity contribution in [1.29, 1.82) is 0 Å². The molecule has 3 aromatic rings. The van der Waals surface area contributed by atoms with Crippen molar-refractivity contribution >= 4 is 34.7 Å². The highest BCUT2D eigenvalue weighted by atomic mass is 35.5. The van der Waals surface area contributed by atoms with Gasteiger partial charge in [0.1, 0.15) is 0 Å². The van der Waals surface area contributed by atoms with Gasteiger partial charge in [0, 0.05) is 31.4 Å². The third kappa shape index (κ3) is 3.14. The van der Waals surface area contributed by atoms with Crippen molar-refractivity contribution < 1.29 is 9.59 Å². The Hall–Kier alpha value is -2.93. The number of carbonyl (C=O) groups excluding carboxylic acids is 2. The molecule has 138 valence electrons. The Morgan fingerprint density at radius 1 is 1.33 bits per heavy atom. The molecule has 0 saturated carbocycles. The van der Waals surface area contributed by atoms with E-state index in [0.717, 1.165) is 16.8 Å². The molecule has 0 saturated heterocycles. The van der Waals surface area contributed by atoms with Gasteiger partial charge in [0.2, 0.25) is 5.91 Å². The predicted molar refractivity (Wildman–Crippen MR) is 102 cm³/mol. The number of nitrogens with one attached hydrogen (secondary N) is 1. The van der Waals surface area contributed by atoms with E-state index < -0.39 is 0 Å². The minimum Gasteiger partial charge on any atom is -0.330 e. The predicted octanol–water partition coefficient (Wildman–Crippen LogP) is 3.10. The van der Waals surface area contributed by atoms with Gasteiger partial charge < -0.3 is 10.2 Å². The Balaban J connectivity index is 1.65. The molecular weight excluding hydrogens is 366 g/mol. The minimum atomic E-state index is -0.153. The number of benzene rings is 1. The van der Waals surface area contributed by atoms with Gasteiger partial charge in [-0.1, -0.05) is 23.7 Å². The van der Waals surface area contributed by atoms with Gasteiger partial charge in [-0.2, -0.15) is 5.10 Å². The lowest BCUT2D eigenvalue weighted by Crippen LogP contribution is -2.39. The second-order valence-corrected chi connectivity index (χ2v) is 7.02. The summed E-state index contributed by atoms with van der Waals surface area (Å²) in [7, 11) is 0.